The highest BCUT2D eigenvalue weighted by molar-refractivity contribution is 14.0. The Labute approximate surface area is 150 Å². The van der Waals surface area contributed by atoms with Crippen LogP contribution in [-0.2, 0) is 22.4 Å². The lowest BCUT2D eigenvalue weighted by molar-refractivity contribution is 0.0731. The second-order valence-corrected chi connectivity index (χ2v) is 5.02. The maximum absolute atomic E-state index is 5.45. The number of fused-ring (bicyclic) bond motifs is 1. The van der Waals surface area contributed by atoms with E-state index in [0.717, 1.165) is 32.0 Å². The highest BCUT2D eigenvalue weighted by Crippen LogP contribution is 2.18. The molecule has 0 saturated heterocycles. The minimum absolute atomic E-state index is 0. The van der Waals surface area contributed by atoms with Crippen molar-refractivity contribution >= 4 is 29.9 Å². The molecule has 6 heteroatoms. The molecule has 22 heavy (non-hydrogen) atoms. The molecule has 5 nitrogen and oxygen atoms in total. The fraction of sp³-hybridized carbons (Fsp3) is 0.562. The molecule has 0 spiro atoms. The molecule has 124 valence electrons. The van der Waals surface area contributed by atoms with Crippen LogP contribution in [0.1, 0.15) is 11.1 Å². The van der Waals surface area contributed by atoms with E-state index in [9.17, 15) is 0 Å². The zero-order valence-electron chi connectivity index (χ0n) is 13.4. The van der Waals surface area contributed by atoms with Crippen LogP contribution in [-0.4, -0.2) is 57.9 Å². The van der Waals surface area contributed by atoms with Crippen LogP contribution < -0.4 is 5.32 Å². The second kappa shape index (κ2) is 10.8. The molecule has 1 aliphatic heterocycles. The van der Waals surface area contributed by atoms with Gasteiger partial charge < -0.3 is 19.7 Å². The molecule has 1 aliphatic rings. The molecule has 2 rings (SSSR count). The van der Waals surface area contributed by atoms with Gasteiger partial charge >= 0.3 is 0 Å². The van der Waals surface area contributed by atoms with Gasteiger partial charge in [0, 0.05) is 33.8 Å². The average Bonchev–Trinajstić information content (AvgIpc) is 2.54. The summed E-state index contributed by atoms with van der Waals surface area (Å²) in [6.07, 6.45) is 1.07. The Kier molecular flexibility index (Phi) is 9.42. The number of benzene rings is 1. The molecule has 1 heterocycles. The van der Waals surface area contributed by atoms with Crippen molar-refractivity contribution in [2.45, 2.75) is 13.0 Å². The van der Waals surface area contributed by atoms with Gasteiger partial charge in [0.2, 0.25) is 0 Å². The first-order valence-corrected chi connectivity index (χ1v) is 7.44. The van der Waals surface area contributed by atoms with Gasteiger partial charge in [-0.3, -0.25) is 4.99 Å². The number of aliphatic imine (C=N–C) groups is 1. The van der Waals surface area contributed by atoms with E-state index in [1.807, 2.05) is 7.05 Å². The van der Waals surface area contributed by atoms with Gasteiger partial charge in [0.25, 0.3) is 0 Å². The molecule has 0 bridgehead atoms. The summed E-state index contributed by atoms with van der Waals surface area (Å²) in [6, 6.07) is 8.62. The van der Waals surface area contributed by atoms with Crippen LogP contribution in [0.2, 0.25) is 0 Å². The third-order valence-corrected chi connectivity index (χ3v) is 3.60. The Balaban J connectivity index is 0.00000242. The van der Waals surface area contributed by atoms with Gasteiger partial charge in [0.15, 0.2) is 5.96 Å². The maximum atomic E-state index is 5.45. The van der Waals surface area contributed by atoms with Gasteiger partial charge in [0.1, 0.15) is 0 Å². The predicted octanol–water partition coefficient (Wildman–Crippen LogP) is 1.90. The first-order chi connectivity index (χ1) is 10.3. The summed E-state index contributed by atoms with van der Waals surface area (Å²) in [5, 5.41) is 3.36. The van der Waals surface area contributed by atoms with Crippen LogP contribution >= 0.6 is 24.0 Å². The Hall–Kier alpha value is -0.860. The molecular formula is C16H26IN3O2. The molecule has 0 amide bonds. The van der Waals surface area contributed by atoms with Crippen LogP contribution in [0.5, 0.6) is 0 Å². The molecule has 0 aliphatic carbocycles. The molecular weight excluding hydrogens is 393 g/mol. The zero-order chi connectivity index (χ0) is 14.9. The van der Waals surface area contributed by atoms with Crippen LogP contribution in [0, 0.1) is 0 Å². The third-order valence-electron chi connectivity index (χ3n) is 3.60. The topological polar surface area (TPSA) is 46.1 Å². The lowest BCUT2D eigenvalue weighted by Crippen LogP contribution is -2.45. The Morgan fingerprint density at radius 3 is 2.73 bits per heavy atom. The molecule has 1 N–H and O–H groups in total. The van der Waals surface area contributed by atoms with E-state index in [0.29, 0.717) is 19.8 Å². The number of halogens is 1. The van der Waals surface area contributed by atoms with Gasteiger partial charge in [-0.05, 0) is 17.5 Å². The fourth-order valence-corrected chi connectivity index (χ4v) is 2.49. The summed E-state index contributed by atoms with van der Waals surface area (Å²) in [4.78, 5) is 6.66. The van der Waals surface area contributed by atoms with E-state index in [-0.39, 0.29) is 24.0 Å². The van der Waals surface area contributed by atoms with E-state index in [4.69, 9.17) is 9.47 Å². The Bertz CT molecular complexity index is 468. The zero-order valence-corrected chi connectivity index (χ0v) is 15.7. The highest BCUT2D eigenvalue weighted by Gasteiger charge is 2.18. The van der Waals surface area contributed by atoms with E-state index < -0.39 is 0 Å². The predicted molar refractivity (Wildman–Crippen MR) is 100 cm³/mol. The SMILES string of the molecule is CN=C(NCCOCCOC)N1CCc2ccccc2C1.I. The molecule has 0 aromatic heterocycles. The number of rotatable bonds is 6. The number of ether oxygens (including phenoxy) is 2. The van der Waals surface area contributed by atoms with Crippen molar-refractivity contribution in [3.8, 4) is 0 Å². The van der Waals surface area contributed by atoms with E-state index in [1.54, 1.807) is 7.11 Å². The summed E-state index contributed by atoms with van der Waals surface area (Å²) in [7, 11) is 3.51. The standard InChI is InChI=1S/C16H25N3O2.HI/c1-17-16(18-8-10-21-12-11-20-2)19-9-7-14-5-3-4-6-15(14)13-19;/h3-6H,7-13H2,1-2H3,(H,17,18);1H. The lowest BCUT2D eigenvalue weighted by Gasteiger charge is -2.31. The summed E-state index contributed by atoms with van der Waals surface area (Å²) < 4.78 is 10.4. The normalized spacial score (nSPS) is 14.3. The van der Waals surface area contributed by atoms with Gasteiger partial charge in [-0.1, -0.05) is 24.3 Å². The van der Waals surface area contributed by atoms with E-state index >= 15 is 0 Å². The minimum atomic E-state index is 0. The molecule has 0 atom stereocenters. The van der Waals surface area contributed by atoms with Crippen molar-refractivity contribution < 1.29 is 9.47 Å². The third kappa shape index (κ3) is 5.73. The largest absolute Gasteiger partial charge is 0.382 e. The molecule has 0 unspecified atom stereocenters. The van der Waals surface area contributed by atoms with Crippen LogP contribution in [0.25, 0.3) is 0 Å². The van der Waals surface area contributed by atoms with Gasteiger partial charge in [0.05, 0.1) is 19.8 Å². The monoisotopic (exact) mass is 419 g/mol. The number of nitrogens with zero attached hydrogens (tertiary/aromatic N) is 2. The first-order valence-electron chi connectivity index (χ1n) is 7.44. The Morgan fingerprint density at radius 1 is 1.23 bits per heavy atom. The molecule has 1 aromatic rings. The summed E-state index contributed by atoms with van der Waals surface area (Å²) in [5.74, 6) is 0.944. The molecule has 0 radical (unpaired) electrons. The van der Waals surface area contributed by atoms with Crippen molar-refractivity contribution in [3.63, 3.8) is 0 Å². The van der Waals surface area contributed by atoms with Gasteiger partial charge in [-0.2, -0.15) is 0 Å². The smallest absolute Gasteiger partial charge is 0.194 e. The minimum Gasteiger partial charge on any atom is -0.382 e. The summed E-state index contributed by atoms with van der Waals surface area (Å²) in [6.45, 7) is 4.61. The maximum Gasteiger partial charge on any atom is 0.194 e. The van der Waals surface area contributed by atoms with Crippen LogP contribution in [0.4, 0.5) is 0 Å². The molecule has 1 aromatic carbocycles. The quantitative estimate of drug-likeness (QED) is 0.331. The van der Waals surface area contributed by atoms with Crippen molar-refractivity contribution in [2.75, 3.05) is 47.1 Å². The van der Waals surface area contributed by atoms with E-state index in [1.165, 1.54) is 11.1 Å². The van der Waals surface area contributed by atoms with Gasteiger partial charge in [-0.25, -0.2) is 0 Å². The van der Waals surface area contributed by atoms with E-state index in [2.05, 4.69) is 39.5 Å². The van der Waals surface area contributed by atoms with Crippen molar-refractivity contribution in [1.82, 2.24) is 10.2 Å². The van der Waals surface area contributed by atoms with Crippen molar-refractivity contribution in [3.05, 3.63) is 35.4 Å². The average molecular weight is 419 g/mol. The van der Waals surface area contributed by atoms with Crippen LogP contribution in [0.15, 0.2) is 29.3 Å². The van der Waals surface area contributed by atoms with Gasteiger partial charge in [-0.15, -0.1) is 24.0 Å². The summed E-state index contributed by atoms with van der Waals surface area (Å²) in [5.41, 5.74) is 2.84. The number of guanidine groups is 1. The lowest BCUT2D eigenvalue weighted by atomic mass is 10.0. The fourth-order valence-electron chi connectivity index (χ4n) is 2.49. The highest BCUT2D eigenvalue weighted by atomic mass is 127. The Morgan fingerprint density at radius 2 is 2.00 bits per heavy atom. The second-order valence-electron chi connectivity index (χ2n) is 5.02. The van der Waals surface area contributed by atoms with Crippen LogP contribution in [0.3, 0.4) is 0 Å². The number of methoxy groups -OCH3 is 1. The van der Waals surface area contributed by atoms with Crippen molar-refractivity contribution in [1.29, 1.82) is 0 Å². The number of hydrogen-bond donors (Lipinski definition) is 1. The van der Waals surface area contributed by atoms with Crippen molar-refractivity contribution in [2.24, 2.45) is 4.99 Å². The number of hydrogen-bond acceptors (Lipinski definition) is 3. The summed E-state index contributed by atoms with van der Waals surface area (Å²) >= 11 is 0. The molecule has 0 saturated carbocycles. The first kappa shape index (κ1) is 19.2. The molecule has 0 fully saturated rings. The number of nitrogens with one attached hydrogen (secondary N) is 1.